The molecule has 0 bridgehead atoms. The summed E-state index contributed by atoms with van der Waals surface area (Å²) in [5.41, 5.74) is -0.349. The molecular weight excluding hydrogens is 424 g/mol. The van der Waals surface area contributed by atoms with E-state index >= 15 is 0 Å². The van der Waals surface area contributed by atoms with Gasteiger partial charge in [-0.25, -0.2) is 9.78 Å². The number of esters is 1. The van der Waals surface area contributed by atoms with Crippen molar-refractivity contribution in [2.24, 2.45) is 0 Å². The number of anilines is 1. The normalized spacial score (nSPS) is 11.1. The second-order valence-electron chi connectivity index (χ2n) is 5.46. The van der Waals surface area contributed by atoms with Gasteiger partial charge in [0.25, 0.3) is 5.91 Å². The predicted molar refractivity (Wildman–Crippen MR) is 95.5 cm³/mol. The van der Waals surface area contributed by atoms with E-state index in [1.807, 2.05) is 0 Å². The molecule has 2 rings (SSSR count). The highest BCUT2D eigenvalue weighted by Gasteiger charge is 2.31. The van der Waals surface area contributed by atoms with Gasteiger partial charge in [0, 0.05) is 11.2 Å². The molecule has 0 saturated heterocycles. The Morgan fingerprint density at radius 2 is 1.89 bits per heavy atom. The fourth-order valence-corrected chi connectivity index (χ4v) is 2.39. The third-order valence-corrected chi connectivity index (χ3v) is 3.80. The highest BCUT2D eigenvalue weighted by Crippen LogP contribution is 2.32. The Kier molecular flexibility index (Phi) is 7.09. The number of carbonyl (C=O) groups is 2. The lowest BCUT2D eigenvalue weighted by Gasteiger charge is -2.11. The Morgan fingerprint density at radius 1 is 1.18 bits per heavy atom. The van der Waals surface area contributed by atoms with Crippen LogP contribution in [-0.2, 0) is 20.5 Å². The van der Waals surface area contributed by atoms with E-state index in [9.17, 15) is 22.8 Å². The van der Waals surface area contributed by atoms with Crippen LogP contribution in [0.4, 0.5) is 19.0 Å². The largest absolute Gasteiger partial charge is 0.482 e. The first-order valence-corrected chi connectivity index (χ1v) is 8.39. The molecule has 1 aromatic carbocycles. The fourth-order valence-electron chi connectivity index (χ4n) is 1.95. The first-order chi connectivity index (χ1) is 13.1. The standard InChI is InChI=1S/C17H13Cl2F3N2O4/c1-9-4-11(18)2-3-13(9)27-8-15(26)28-7-14(25)24-16-12(19)5-10(6-23-16)17(20,21)22/h2-6H,7-8H2,1H3,(H,23,24,25). The summed E-state index contributed by atoms with van der Waals surface area (Å²) >= 11 is 11.5. The molecule has 0 unspecified atom stereocenters. The first kappa shape index (κ1) is 21.8. The summed E-state index contributed by atoms with van der Waals surface area (Å²) in [5.74, 6) is -1.52. The van der Waals surface area contributed by atoms with Crippen LogP contribution >= 0.6 is 23.2 Å². The lowest BCUT2D eigenvalue weighted by atomic mass is 10.2. The molecule has 0 aliphatic heterocycles. The van der Waals surface area contributed by atoms with E-state index < -0.39 is 41.9 Å². The van der Waals surface area contributed by atoms with Crippen LogP contribution < -0.4 is 10.1 Å². The van der Waals surface area contributed by atoms with Gasteiger partial charge in [0.05, 0.1) is 10.6 Å². The summed E-state index contributed by atoms with van der Waals surface area (Å²) in [6, 6.07) is 5.44. The van der Waals surface area contributed by atoms with E-state index in [1.54, 1.807) is 25.1 Å². The van der Waals surface area contributed by atoms with Crippen LogP contribution in [0.5, 0.6) is 5.75 Å². The van der Waals surface area contributed by atoms with Crippen molar-refractivity contribution in [1.29, 1.82) is 0 Å². The van der Waals surface area contributed by atoms with Crippen LogP contribution in [-0.4, -0.2) is 30.1 Å². The molecule has 0 radical (unpaired) electrons. The lowest BCUT2D eigenvalue weighted by Crippen LogP contribution is -2.24. The van der Waals surface area contributed by atoms with E-state index in [0.717, 1.165) is 0 Å². The molecule has 1 heterocycles. The molecule has 0 atom stereocenters. The number of nitrogens with one attached hydrogen (secondary N) is 1. The van der Waals surface area contributed by atoms with E-state index in [1.165, 1.54) is 0 Å². The second-order valence-corrected chi connectivity index (χ2v) is 6.30. The highest BCUT2D eigenvalue weighted by molar-refractivity contribution is 6.33. The second kappa shape index (κ2) is 9.11. The Hall–Kier alpha value is -2.52. The molecule has 1 aromatic heterocycles. The number of hydrogen-bond donors (Lipinski definition) is 1. The van der Waals surface area contributed by atoms with Crippen molar-refractivity contribution < 1.29 is 32.2 Å². The maximum absolute atomic E-state index is 12.5. The smallest absolute Gasteiger partial charge is 0.417 e. The van der Waals surface area contributed by atoms with E-state index in [-0.39, 0.29) is 5.82 Å². The fraction of sp³-hybridized carbons (Fsp3) is 0.235. The Balaban J connectivity index is 1.82. The van der Waals surface area contributed by atoms with Crippen LogP contribution in [0, 0.1) is 6.92 Å². The number of aryl methyl sites for hydroxylation is 1. The third-order valence-electron chi connectivity index (χ3n) is 3.27. The van der Waals surface area contributed by atoms with Crippen LogP contribution in [0.2, 0.25) is 10.0 Å². The topological polar surface area (TPSA) is 77.5 Å². The number of benzene rings is 1. The van der Waals surface area contributed by atoms with Gasteiger partial charge < -0.3 is 14.8 Å². The summed E-state index contributed by atoms with van der Waals surface area (Å²) in [4.78, 5) is 26.9. The highest BCUT2D eigenvalue weighted by atomic mass is 35.5. The van der Waals surface area contributed by atoms with Gasteiger partial charge in [-0.2, -0.15) is 13.2 Å². The quantitative estimate of drug-likeness (QED) is 0.683. The molecule has 11 heteroatoms. The molecular formula is C17H13Cl2F3N2O4. The van der Waals surface area contributed by atoms with E-state index in [4.69, 9.17) is 32.7 Å². The van der Waals surface area contributed by atoms with Crippen LogP contribution in [0.15, 0.2) is 30.5 Å². The minimum Gasteiger partial charge on any atom is -0.482 e. The number of hydrogen-bond acceptors (Lipinski definition) is 5. The average Bonchev–Trinajstić information content (AvgIpc) is 2.60. The van der Waals surface area contributed by atoms with Crippen molar-refractivity contribution in [3.8, 4) is 5.75 Å². The maximum Gasteiger partial charge on any atom is 0.417 e. The van der Waals surface area contributed by atoms with Gasteiger partial charge in [-0.05, 0) is 36.8 Å². The summed E-state index contributed by atoms with van der Waals surface area (Å²) < 4.78 is 47.6. The number of rotatable bonds is 6. The molecule has 6 nitrogen and oxygen atoms in total. The first-order valence-electron chi connectivity index (χ1n) is 7.63. The van der Waals surface area contributed by atoms with Crippen molar-refractivity contribution in [3.05, 3.63) is 51.6 Å². The van der Waals surface area contributed by atoms with Gasteiger partial charge in [-0.3, -0.25) is 4.79 Å². The molecule has 1 amide bonds. The maximum atomic E-state index is 12.5. The van der Waals surface area contributed by atoms with Gasteiger partial charge in [0.15, 0.2) is 19.0 Å². The van der Waals surface area contributed by atoms with E-state index in [0.29, 0.717) is 28.6 Å². The lowest BCUT2D eigenvalue weighted by molar-refractivity contribution is -0.149. The Bertz CT molecular complexity index is 891. The molecule has 0 aliphatic carbocycles. The van der Waals surface area contributed by atoms with Crippen LogP contribution in [0.1, 0.15) is 11.1 Å². The molecule has 28 heavy (non-hydrogen) atoms. The van der Waals surface area contributed by atoms with Gasteiger partial charge in [-0.1, -0.05) is 23.2 Å². The molecule has 0 spiro atoms. The molecule has 150 valence electrons. The number of alkyl halides is 3. The molecule has 0 saturated carbocycles. The van der Waals surface area contributed by atoms with Gasteiger partial charge in [-0.15, -0.1) is 0 Å². The van der Waals surface area contributed by atoms with Crippen molar-refractivity contribution >= 4 is 40.9 Å². The molecule has 0 fully saturated rings. The Labute approximate surface area is 167 Å². The number of carbonyl (C=O) groups excluding carboxylic acids is 2. The molecule has 0 aliphatic rings. The summed E-state index contributed by atoms with van der Waals surface area (Å²) in [7, 11) is 0. The average molecular weight is 437 g/mol. The minimum absolute atomic E-state index is 0.288. The van der Waals surface area contributed by atoms with E-state index in [2.05, 4.69) is 10.3 Å². The van der Waals surface area contributed by atoms with Gasteiger partial charge >= 0.3 is 12.1 Å². The number of ether oxygens (including phenoxy) is 2. The zero-order valence-corrected chi connectivity index (χ0v) is 15.8. The zero-order valence-electron chi connectivity index (χ0n) is 14.3. The monoisotopic (exact) mass is 436 g/mol. The third kappa shape index (κ3) is 6.28. The molecule has 2 aromatic rings. The minimum atomic E-state index is -4.61. The van der Waals surface area contributed by atoms with Crippen molar-refractivity contribution in [2.75, 3.05) is 18.5 Å². The SMILES string of the molecule is Cc1cc(Cl)ccc1OCC(=O)OCC(=O)Nc1ncc(C(F)(F)F)cc1Cl. The summed E-state index contributed by atoms with van der Waals surface area (Å²) in [6.07, 6.45) is -4.09. The van der Waals surface area contributed by atoms with Crippen molar-refractivity contribution in [2.45, 2.75) is 13.1 Å². The Morgan fingerprint density at radius 3 is 2.50 bits per heavy atom. The number of pyridine rings is 1. The van der Waals surface area contributed by atoms with Crippen molar-refractivity contribution in [1.82, 2.24) is 4.98 Å². The number of nitrogens with zero attached hydrogens (tertiary/aromatic N) is 1. The number of halogens is 5. The number of amides is 1. The van der Waals surface area contributed by atoms with Gasteiger partial charge in [0.1, 0.15) is 5.75 Å². The number of aromatic nitrogens is 1. The van der Waals surface area contributed by atoms with Crippen molar-refractivity contribution in [3.63, 3.8) is 0 Å². The summed E-state index contributed by atoms with van der Waals surface area (Å²) in [6.45, 7) is 0.594. The summed E-state index contributed by atoms with van der Waals surface area (Å²) in [5, 5.41) is 2.26. The van der Waals surface area contributed by atoms with Crippen LogP contribution in [0.3, 0.4) is 0 Å². The molecule has 1 N–H and O–H groups in total. The van der Waals surface area contributed by atoms with Crippen LogP contribution in [0.25, 0.3) is 0 Å². The van der Waals surface area contributed by atoms with Gasteiger partial charge in [0.2, 0.25) is 0 Å². The zero-order chi connectivity index (χ0) is 20.9. The predicted octanol–water partition coefficient (Wildman–Crippen LogP) is 4.28.